The Morgan fingerprint density at radius 2 is 1.02 bits per heavy atom. The number of aliphatic hydroxyl groups is 4. The molecule has 1 fully saturated rings. The molecule has 0 aromatic carbocycles. The van der Waals surface area contributed by atoms with Crippen molar-refractivity contribution in [3.05, 3.63) is 60.8 Å². The molecule has 0 aromatic heterocycles. The number of hydrogen-bond acceptors (Lipinski definition) is 10. The van der Waals surface area contributed by atoms with E-state index in [0.29, 0.717) is 6.42 Å². The molecule has 0 aromatic rings. The fourth-order valence-corrected chi connectivity index (χ4v) is 6.28. The van der Waals surface area contributed by atoms with E-state index in [0.717, 1.165) is 70.6 Å². The molecule has 0 saturated carbocycles. The summed E-state index contributed by atoms with van der Waals surface area (Å²) in [4.78, 5) is 25.3. The Morgan fingerprint density at radius 1 is 0.544 bits per heavy atom. The molecule has 1 aliphatic heterocycles. The third-order valence-electron chi connectivity index (χ3n) is 9.86. The van der Waals surface area contributed by atoms with Gasteiger partial charge in [-0.25, -0.2) is 0 Å². The molecule has 0 spiro atoms. The molecule has 0 bridgehead atoms. The molecule has 328 valence electrons. The predicted octanol–water partition coefficient (Wildman–Crippen LogP) is 9.44. The minimum absolute atomic E-state index is 0.190. The monoisotopic (exact) mass is 805 g/mol. The van der Waals surface area contributed by atoms with Crippen LogP contribution in [0.15, 0.2) is 60.8 Å². The molecule has 0 radical (unpaired) electrons. The highest BCUT2D eigenvalue weighted by Crippen LogP contribution is 2.22. The van der Waals surface area contributed by atoms with E-state index in [1.807, 2.05) is 0 Å². The molecule has 1 heterocycles. The lowest BCUT2D eigenvalue weighted by atomic mass is 9.99. The topological polar surface area (TPSA) is 152 Å². The van der Waals surface area contributed by atoms with Gasteiger partial charge in [0.2, 0.25) is 0 Å². The molecule has 6 atom stereocenters. The van der Waals surface area contributed by atoms with Gasteiger partial charge in [-0.05, 0) is 70.6 Å². The van der Waals surface area contributed by atoms with Gasteiger partial charge in [0, 0.05) is 12.8 Å². The van der Waals surface area contributed by atoms with Crippen LogP contribution in [0.3, 0.4) is 0 Å². The van der Waals surface area contributed by atoms with Crippen LogP contribution in [0.25, 0.3) is 0 Å². The quantitative estimate of drug-likeness (QED) is 0.0274. The third kappa shape index (κ3) is 29.3. The van der Waals surface area contributed by atoms with Crippen molar-refractivity contribution in [1.82, 2.24) is 0 Å². The van der Waals surface area contributed by atoms with Gasteiger partial charge >= 0.3 is 11.9 Å². The lowest BCUT2D eigenvalue weighted by Crippen LogP contribution is -2.59. The number of ether oxygens (including phenoxy) is 4. The molecule has 1 aliphatic rings. The normalized spacial score (nSPS) is 20.8. The maximum absolute atomic E-state index is 12.8. The summed E-state index contributed by atoms with van der Waals surface area (Å²) in [5.41, 5.74) is 0. The fraction of sp³-hybridized carbons (Fsp3) is 0.745. The van der Waals surface area contributed by atoms with E-state index in [4.69, 9.17) is 18.9 Å². The van der Waals surface area contributed by atoms with Gasteiger partial charge in [0.1, 0.15) is 31.0 Å². The van der Waals surface area contributed by atoms with Crippen molar-refractivity contribution >= 4 is 11.9 Å². The predicted molar refractivity (Wildman–Crippen MR) is 228 cm³/mol. The SMILES string of the molecule is CCC/C=C/C/C=C/C/C=C/C/C=C/CCCCCC(=O)O[C@H](COC(=O)CCCCCCCCCCC/C=C/CCCC)CO[C@@H]1O[C@H](CO)[C@H](O)C(O)C1O. The van der Waals surface area contributed by atoms with E-state index in [2.05, 4.69) is 74.6 Å². The van der Waals surface area contributed by atoms with E-state index in [1.54, 1.807) is 0 Å². The molecule has 10 nitrogen and oxygen atoms in total. The molecule has 2 unspecified atom stereocenters. The molecule has 4 N–H and O–H groups in total. The molecule has 10 heteroatoms. The van der Waals surface area contributed by atoms with Crippen molar-refractivity contribution in [3.63, 3.8) is 0 Å². The first-order chi connectivity index (χ1) is 27.8. The lowest BCUT2D eigenvalue weighted by Gasteiger charge is -2.39. The Bertz CT molecular complexity index is 1110. The van der Waals surface area contributed by atoms with Gasteiger partial charge in [0.05, 0.1) is 13.2 Å². The first kappa shape index (κ1) is 52.4. The zero-order valence-corrected chi connectivity index (χ0v) is 35.6. The summed E-state index contributed by atoms with van der Waals surface area (Å²) in [6.45, 7) is 3.28. The van der Waals surface area contributed by atoms with Gasteiger partial charge in [0.15, 0.2) is 12.4 Å². The van der Waals surface area contributed by atoms with Crippen molar-refractivity contribution in [2.24, 2.45) is 0 Å². The highest BCUT2D eigenvalue weighted by Gasteiger charge is 2.44. The summed E-state index contributed by atoms with van der Waals surface area (Å²) in [7, 11) is 0. The van der Waals surface area contributed by atoms with E-state index >= 15 is 0 Å². The number of aliphatic hydroxyl groups excluding tert-OH is 4. The Balaban J connectivity index is 2.37. The first-order valence-electron chi connectivity index (χ1n) is 22.4. The zero-order chi connectivity index (χ0) is 41.6. The van der Waals surface area contributed by atoms with Crippen molar-refractivity contribution in [1.29, 1.82) is 0 Å². The van der Waals surface area contributed by atoms with Gasteiger partial charge in [-0.1, -0.05) is 145 Å². The second-order valence-corrected chi connectivity index (χ2v) is 15.1. The molecule has 57 heavy (non-hydrogen) atoms. The molecule has 1 saturated heterocycles. The average Bonchev–Trinajstić information content (AvgIpc) is 3.21. The number of unbranched alkanes of at least 4 members (excludes halogenated alkanes) is 15. The van der Waals surface area contributed by atoms with Crippen LogP contribution in [0.4, 0.5) is 0 Å². The standard InChI is InChI=1S/C47H80O10/c1-3-5-7-9-11-13-15-17-19-20-22-24-26-28-30-32-34-36-43(50)56-40(39-55-47-46(53)45(52)44(51)41(37-48)57-47)38-54-42(49)35-33-31-29-27-25-23-21-18-16-14-12-10-8-6-4-2/h7,9-10,12-13,15,19-20,24,26,40-41,44-48,51-53H,3-6,8,11,14,16-18,21-23,25,27-39H2,1-2H3/b9-7+,12-10+,15-13+,20-19+,26-24+/t40-,41-,44+,45?,46?,47-/m1/s1. The smallest absolute Gasteiger partial charge is 0.306 e. The number of allylic oxidation sites excluding steroid dienone is 10. The maximum Gasteiger partial charge on any atom is 0.306 e. The Morgan fingerprint density at radius 3 is 1.58 bits per heavy atom. The summed E-state index contributed by atoms with van der Waals surface area (Å²) in [6.07, 6.45) is 37.9. The Kier molecular flexibility index (Phi) is 34.6. The minimum atomic E-state index is -1.60. The van der Waals surface area contributed by atoms with Crippen molar-refractivity contribution in [3.8, 4) is 0 Å². The third-order valence-corrected chi connectivity index (χ3v) is 9.86. The number of esters is 2. The minimum Gasteiger partial charge on any atom is -0.462 e. The first-order valence-corrected chi connectivity index (χ1v) is 22.4. The molecular formula is C47H80O10. The second-order valence-electron chi connectivity index (χ2n) is 15.1. The van der Waals surface area contributed by atoms with E-state index in [1.165, 1.54) is 64.2 Å². The van der Waals surface area contributed by atoms with Crippen LogP contribution in [0.5, 0.6) is 0 Å². The Hall–Kier alpha value is -2.60. The van der Waals surface area contributed by atoms with E-state index in [-0.39, 0.29) is 32.0 Å². The van der Waals surface area contributed by atoms with Crippen LogP contribution >= 0.6 is 0 Å². The van der Waals surface area contributed by atoms with Crippen LogP contribution in [0.1, 0.15) is 168 Å². The number of hydrogen-bond donors (Lipinski definition) is 4. The van der Waals surface area contributed by atoms with Crippen LogP contribution in [-0.2, 0) is 28.5 Å². The van der Waals surface area contributed by atoms with Crippen LogP contribution < -0.4 is 0 Å². The van der Waals surface area contributed by atoms with Crippen molar-refractivity contribution in [2.75, 3.05) is 19.8 Å². The van der Waals surface area contributed by atoms with Gasteiger partial charge < -0.3 is 39.4 Å². The van der Waals surface area contributed by atoms with Crippen molar-refractivity contribution < 1.29 is 49.0 Å². The van der Waals surface area contributed by atoms with Crippen LogP contribution in [0, 0.1) is 0 Å². The summed E-state index contributed by atoms with van der Waals surface area (Å²) in [6, 6.07) is 0. The molecule has 0 amide bonds. The largest absolute Gasteiger partial charge is 0.462 e. The number of carbonyl (C=O) groups excluding carboxylic acids is 2. The van der Waals surface area contributed by atoms with Gasteiger partial charge in [-0.15, -0.1) is 0 Å². The maximum atomic E-state index is 12.8. The van der Waals surface area contributed by atoms with Gasteiger partial charge in [0.25, 0.3) is 0 Å². The average molecular weight is 805 g/mol. The highest BCUT2D eigenvalue weighted by atomic mass is 16.7. The van der Waals surface area contributed by atoms with E-state index < -0.39 is 49.4 Å². The van der Waals surface area contributed by atoms with Crippen LogP contribution in [-0.4, -0.2) is 89.0 Å². The molecular weight excluding hydrogens is 725 g/mol. The summed E-state index contributed by atoms with van der Waals surface area (Å²) in [5, 5.41) is 40.1. The van der Waals surface area contributed by atoms with Crippen molar-refractivity contribution in [2.45, 2.75) is 205 Å². The van der Waals surface area contributed by atoms with Gasteiger partial charge in [-0.3, -0.25) is 9.59 Å². The van der Waals surface area contributed by atoms with Gasteiger partial charge in [-0.2, -0.15) is 0 Å². The highest BCUT2D eigenvalue weighted by molar-refractivity contribution is 5.70. The second kappa shape index (κ2) is 37.7. The summed E-state index contributed by atoms with van der Waals surface area (Å²) >= 11 is 0. The molecule has 1 rings (SSSR count). The van der Waals surface area contributed by atoms with Crippen LogP contribution in [0.2, 0.25) is 0 Å². The molecule has 0 aliphatic carbocycles. The number of carbonyl (C=O) groups is 2. The fourth-order valence-electron chi connectivity index (χ4n) is 6.28. The summed E-state index contributed by atoms with van der Waals surface area (Å²) in [5.74, 6) is -0.849. The zero-order valence-electron chi connectivity index (χ0n) is 35.6. The summed E-state index contributed by atoms with van der Waals surface area (Å²) < 4.78 is 22.1. The lowest BCUT2D eigenvalue weighted by molar-refractivity contribution is -0.305. The number of rotatable bonds is 36. The Labute approximate surface area is 345 Å². The van der Waals surface area contributed by atoms with E-state index in [9.17, 15) is 30.0 Å².